The zero-order valence-electron chi connectivity index (χ0n) is 13.3. The SMILES string of the molecule is CCOC(=O)C(CN)(CCS(=O)(=O)C(C)C)CC(C)C. The maximum Gasteiger partial charge on any atom is 0.313 e. The van der Waals surface area contributed by atoms with Crippen LogP contribution in [0.25, 0.3) is 0 Å². The second-order valence-corrected chi connectivity index (χ2v) is 8.65. The van der Waals surface area contributed by atoms with Crippen molar-refractivity contribution < 1.29 is 17.9 Å². The van der Waals surface area contributed by atoms with E-state index in [1.165, 1.54) is 0 Å². The summed E-state index contributed by atoms with van der Waals surface area (Å²) >= 11 is 0. The van der Waals surface area contributed by atoms with Crippen molar-refractivity contribution in [3.8, 4) is 0 Å². The molecule has 20 heavy (non-hydrogen) atoms. The Morgan fingerprint density at radius 3 is 2.15 bits per heavy atom. The zero-order valence-corrected chi connectivity index (χ0v) is 14.1. The summed E-state index contributed by atoms with van der Waals surface area (Å²) in [5, 5.41) is -0.445. The van der Waals surface area contributed by atoms with Crippen LogP contribution in [0.15, 0.2) is 0 Å². The van der Waals surface area contributed by atoms with Gasteiger partial charge in [0.2, 0.25) is 0 Å². The Kier molecular flexibility index (Phi) is 7.73. The lowest BCUT2D eigenvalue weighted by Crippen LogP contribution is -2.43. The van der Waals surface area contributed by atoms with E-state index in [0.717, 1.165) is 0 Å². The third-order valence-electron chi connectivity index (χ3n) is 3.48. The van der Waals surface area contributed by atoms with Gasteiger partial charge in [0.25, 0.3) is 0 Å². The lowest BCUT2D eigenvalue weighted by molar-refractivity contribution is -0.156. The number of rotatable bonds is 9. The molecule has 120 valence electrons. The molecule has 2 N–H and O–H groups in total. The molecule has 0 rings (SSSR count). The quantitative estimate of drug-likeness (QED) is 0.656. The van der Waals surface area contributed by atoms with Crippen LogP contribution in [-0.2, 0) is 19.4 Å². The molecule has 0 spiro atoms. The predicted molar refractivity (Wildman–Crippen MR) is 81.1 cm³/mol. The molecule has 0 saturated heterocycles. The normalized spacial score (nSPS) is 15.4. The van der Waals surface area contributed by atoms with Gasteiger partial charge in [-0.1, -0.05) is 13.8 Å². The van der Waals surface area contributed by atoms with E-state index in [0.29, 0.717) is 6.42 Å². The molecule has 0 bridgehead atoms. The first-order valence-electron chi connectivity index (χ1n) is 7.20. The van der Waals surface area contributed by atoms with Crippen molar-refractivity contribution >= 4 is 15.8 Å². The van der Waals surface area contributed by atoms with Crippen LogP contribution >= 0.6 is 0 Å². The Labute approximate surface area is 123 Å². The number of carbonyl (C=O) groups is 1. The third kappa shape index (κ3) is 5.40. The summed E-state index contributed by atoms with van der Waals surface area (Å²) in [6.07, 6.45) is 0.761. The molecule has 0 aliphatic carbocycles. The topological polar surface area (TPSA) is 86.5 Å². The van der Waals surface area contributed by atoms with Crippen molar-refractivity contribution in [2.75, 3.05) is 18.9 Å². The highest BCUT2D eigenvalue weighted by Gasteiger charge is 2.40. The van der Waals surface area contributed by atoms with E-state index < -0.39 is 20.5 Å². The minimum Gasteiger partial charge on any atom is -0.466 e. The standard InChI is InChI=1S/C14H29NO4S/c1-6-19-13(16)14(10-15,9-11(2)3)7-8-20(17,18)12(4)5/h11-12H,6-10,15H2,1-5H3. The van der Waals surface area contributed by atoms with Gasteiger partial charge in [0.15, 0.2) is 9.84 Å². The van der Waals surface area contributed by atoms with Gasteiger partial charge in [0.05, 0.1) is 23.0 Å². The first kappa shape index (κ1) is 19.4. The molecule has 0 aliphatic heterocycles. The van der Waals surface area contributed by atoms with Gasteiger partial charge in [-0.2, -0.15) is 0 Å². The lowest BCUT2D eigenvalue weighted by atomic mass is 9.78. The molecule has 1 unspecified atom stereocenters. The van der Waals surface area contributed by atoms with Gasteiger partial charge >= 0.3 is 5.97 Å². The summed E-state index contributed by atoms with van der Waals surface area (Å²) < 4.78 is 29.0. The number of hydrogen-bond donors (Lipinski definition) is 1. The van der Waals surface area contributed by atoms with Gasteiger partial charge in [0.1, 0.15) is 0 Å². The number of hydrogen-bond acceptors (Lipinski definition) is 5. The summed E-state index contributed by atoms with van der Waals surface area (Å²) in [4.78, 5) is 12.2. The van der Waals surface area contributed by atoms with Gasteiger partial charge in [-0.3, -0.25) is 4.79 Å². The molecule has 0 saturated carbocycles. The van der Waals surface area contributed by atoms with Gasteiger partial charge < -0.3 is 10.5 Å². The Hall–Kier alpha value is -0.620. The minimum atomic E-state index is -3.19. The molecule has 0 radical (unpaired) electrons. The summed E-state index contributed by atoms with van der Waals surface area (Å²) in [5.41, 5.74) is 4.90. The van der Waals surface area contributed by atoms with E-state index in [1.54, 1.807) is 20.8 Å². The van der Waals surface area contributed by atoms with Crippen LogP contribution in [0.4, 0.5) is 0 Å². The van der Waals surface area contributed by atoms with E-state index in [1.807, 2.05) is 13.8 Å². The highest BCUT2D eigenvalue weighted by Crippen LogP contribution is 2.32. The average molecular weight is 307 g/mol. The molecule has 5 nitrogen and oxygen atoms in total. The molecule has 0 heterocycles. The highest BCUT2D eigenvalue weighted by atomic mass is 32.2. The molecule has 0 aromatic rings. The van der Waals surface area contributed by atoms with Crippen LogP contribution in [0.1, 0.15) is 47.5 Å². The van der Waals surface area contributed by atoms with E-state index in [2.05, 4.69) is 0 Å². The van der Waals surface area contributed by atoms with Crippen molar-refractivity contribution in [2.45, 2.75) is 52.7 Å². The second kappa shape index (κ2) is 7.98. The Morgan fingerprint density at radius 1 is 1.25 bits per heavy atom. The number of carbonyl (C=O) groups excluding carboxylic acids is 1. The molecule has 0 aromatic heterocycles. The summed E-state index contributed by atoms with van der Waals surface area (Å²) in [7, 11) is -3.19. The van der Waals surface area contributed by atoms with Crippen molar-refractivity contribution in [3.63, 3.8) is 0 Å². The fraction of sp³-hybridized carbons (Fsp3) is 0.929. The van der Waals surface area contributed by atoms with E-state index >= 15 is 0 Å². The van der Waals surface area contributed by atoms with Crippen molar-refractivity contribution in [1.82, 2.24) is 0 Å². The minimum absolute atomic E-state index is 0.0343. The first-order chi connectivity index (χ1) is 9.11. The fourth-order valence-corrected chi connectivity index (χ4v) is 3.34. The maximum absolute atomic E-state index is 12.2. The van der Waals surface area contributed by atoms with Crippen molar-refractivity contribution in [3.05, 3.63) is 0 Å². The number of ether oxygens (including phenoxy) is 1. The number of nitrogens with two attached hydrogens (primary N) is 1. The van der Waals surface area contributed by atoms with Crippen molar-refractivity contribution in [1.29, 1.82) is 0 Å². The van der Waals surface area contributed by atoms with Crippen LogP contribution in [0.5, 0.6) is 0 Å². The molecule has 6 heteroatoms. The van der Waals surface area contributed by atoms with Gasteiger partial charge in [-0.25, -0.2) is 8.42 Å². The first-order valence-corrected chi connectivity index (χ1v) is 8.91. The molecule has 0 aromatic carbocycles. The Balaban J connectivity index is 5.16. The molecular formula is C14H29NO4S. The second-order valence-electron chi connectivity index (χ2n) is 5.97. The maximum atomic E-state index is 12.2. The van der Waals surface area contributed by atoms with Crippen LogP contribution in [0.3, 0.4) is 0 Å². The fourth-order valence-electron chi connectivity index (χ4n) is 2.20. The monoisotopic (exact) mass is 307 g/mol. The zero-order chi connectivity index (χ0) is 16.0. The average Bonchev–Trinajstić information content (AvgIpc) is 2.34. The number of sulfone groups is 1. The summed E-state index contributed by atoms with van der Waals surface area (Å²) in [6.45, 7) is 9.38. The van der Waals surface area contributed by atoms with Gasteiger partial charge in [-0.05, 0) is 39.5 Å². The van der Waals surface area contributed by atoms with Gasteiger partial charge in [-0.15, -0.1) is 0 Å². The molecule has 0 fully saturated rings. The smallest absolute Gasteiger partial charge is 0.313 e. The Bertz CT molecular complexity index is 403. The molecule has 0 aliphatic rings. The van der Waals surface area contributed by atoms with Crippen LogP contribution < -0.4 is 5.73 Å². The van der Waals surface area contributed by atoms with Crippen LogP contribution in [-0.4, -0.2) is 38.5 Å². The number of esters is 1. The molecular weight excluding hydrogens is 278 g/mol. The summed E-state index contributed by atoms with van der Waals surface area (Å²) in [5.74, 6) is -0.173. The lowest BCUT2D eigenvalue weighted by Gasteiger charge is -2.31. The molecule has 0 amide bonds. The van der Waals surface area contributed by atoms with E-state index in [4.69, 9.17) is 10.5 Å². The van der Waals surface area contributed by atoms with Crippen LogP contribution in [0.2, 0.25) is 0 Å². The molecule has 1 atom stereocenters. The van der Waals surface area contributed by atoms with Gasteiger partial charge in [0, 0.05) is 6.54 Å². The Morgan fingerprint density at radius 2 is 1.80 bits per heavy atom. The predicted octanol–water partition coefficient (Wildman–Crippen LogP) is 1.75. The largest absolute Gasteiger partial charge is 0.466 e. The summed E-state index contributed by atoms with van der Waals surface area (Å²) in [6, 6.07) is 0. The van der Waals surface area contributed by atoms with Crippen LogP contribution in [0, 0.1) is 11.3 Å². The van der Waals surface area contributed by atoms with E-state index in [9.17, 15) is 13.2 Å². The van der Waals surface area contributed by atoms with Crippen molar-refractivity contribution in [2.24, 2.45) is 17.1 Å². The highest BCUT2D eigenvalue weighted by molar-refractivity contribution is 7.91. The third-order valence-corrected chi connectivity index (χ3v) is 5.69. The van der Waals surface area contributed by atoms with E-state index in [-0.39, 0.29) is 37.2 Å².